The van der Waals surface area contributed by atoms with E-state index in [0.717, 1.165) is 12.8 Å². The molecule has 1 saturated carbocycles. The number of aliphatic hydroxyl groups excluding tert-OH is 1. The van der Waals surface area contributed by atoms with Gasteiger partial charge in [0, 0.05) is 6.04 Å². The quantitative estimate of drug-likeness (QED) is 0.715. The van der Waals surface area contributed by atoms with Crippen LogP contribution in [0, 0.1) is 17.8 Å². The van der Waals surface area contributed by atoms with E-state index < -0.39 is 11.6 Å². The summed E-state index contributed by atoms with van der Waals surface area (Å²) in [7, 11) is 0. The third-order valence-electron chi connectivity index (χ3n) is 5.44. The van der Waals surface area contributed by atoms with Gasteiger partial charge in [-0.1, -0.05) is 18.8 Å². The molecule has 138 valence electrons. The van der Waals surface area contributed by atoms with Crippen molar-refractivity contribution < 1.29 is 9.84 Å². The number of terminal acetylenes is 1. The monoisotopic (exact) mass is 356 g/mol. The van der Waals surface area contributed by atoms with E-state index in [-0.39, 0.29) is 18.7 Å². The summed E-state index contributed by atoms with van der Waals surface area (Å²) in [5.41, 5.74) is 6.63. The van der Waals surface area contributed by atoms with Crippen molar-refractivity contribution >= 4 is 22.9 Å². The standard InChI is InChI=1S/C18H24N6O2/c1-3-18(2)8-12(9-25)26-16(18)24-10-20-13-14(21-11-6-4-5-7-11)22-17(19)23-15(13)24/h1,10-12,16,25H,4-9H2,2H3,(H3,19,21,22,23)/t12-,16+,18-/m0/s1. The van der Waals surface area contributed by atoms with Crippen LogP contribution in [0.1, 0.15) is 45.3 Å². The minimum atomic E-state index is -0.570. The van der Waals surface area contributed by atoms with Crippen molar-refractivity contribution in [1.82, 2.24) is 19.5 Å². The Bertz CT molecular complexity index is 853. The van der Waals surface area contributed by atoms with Crippen LogP contribution < -0.4 is 11.1 Å². The van der Waals surface area contributed by atoms with Gasteiger partial charge in [0.25, 0.3) is 0 Å². The molecule has 2 aliphatic rings. The summed E-state index contributed by atoms with van der Waals surface area (Å²) >= 11 is 0. The van der Waals surface area contributed by atoms with Crippen LogP contribution >= 0.6 is 0 Å². The van der Waals surface area contributed by atoms with E-state index in [1.807, 2.05) is 11.5 Å². The lowest BCUT2D eigenvalue weighted by atomic mass is 9.86. The molecule has 4 N–H and O–H groups in total. The average molecular weight is 356 g/mol. The van der Waals surface area contributed by atoms with Crippen LogP contribution in [0.5, 0.6) is 0 Å². The largest absolute Gasteiger partial charge is 0.394 e. The van der Waals surface area contributed by atoms with Crippen LogP contribution in [0.15, 0.2) is 6.33 Å². The Hall–Kier alpha value is -2.37. The molecule has 1 saturated heterocycles. The molecule has 0 radical (unpaired) electrons. The van der Waals surface area contributed by atoms with Crippen LogP contribution in [0.3, 0.4) is 0 Å². The minimum absolute atomic E-state index is 0.0774. The molecule has 2 fully saturated rings. The van der Waals surface area contributed by atoms with Crippen molar-refractivity contribution in [3.63, 3.8) is 0 Å². The Morgan fingerprint density at radius 3 is 2.92 bits per heavy atom. The van der Waals surface area contributed by atoms with Gasteiger partial charge in [0.2, 0.25) is 5.95 Å². The maximum Gasteiger partial charge on any atom is 0.224 e. The molecule has 8 nitrogen and oxygen atoms in total. The van der Waals surface area contributed by atoms with Gasteiger partial charge >= 0.3 is 0 Å². The zero-order valence-corrected chi connectivity index (χ0v) is 14.9. The Morgan fingerprint density at radius 2 is 2.23 bits per heavy atom. The van der Waals surface area contributed by atoms with Gasteiger partial charge in [-0.05, 0) is 26.2 Å². The summed E-state index contributed by atoms with van der Waals surface area (Å²) in [5, 5.41) is 13.0. The molecule has 26 heavy (non-hydrogen) atoms. The van der Waals surface area contributed by atoms with Gasteiger partial charge in [-0.2, -0.15) is 9.97 Å². The van der Waals surface area contributed by atoms with Gasteiger partial charge in [0.1, 0.15) is 0 Å². The van der Waals surface area contributed by atoms with Crippen molar-refractivity contribution in [3.8, 4) is 12.3 Å². The molecule has 3 atom stereocenters. The van der Waals surface area contributed by atoms with E-state index in [1.165, 1.54) is 12.8 Å². The number of nitrogen functional groups attached to an aromatic ring is 1. The molecule has 1 aliphatic carbocycles. The number of nitrogens with zero attached hydrogens (tertiary/aromatic N) is 4. The molecular formula is C18H24N6O2. The predicted octanol–water partition coefficient (Wildman–Crippen LogP) is 1.68. The minimum Gasteiger partial charge on any atom is -0.394 e. The van der Waals surface area contributed by atoms with E-state index in [0.29, 0.717) is 29.4 Å². The third kappa shape index (κ3) is 2.77. The average Bonchev–Trinajstić information content (AvgIpc) is 3.34. The van der Waals surface area contributed by atoms with Crippen LogP contribution in [-0.2, 0) is 4.74 Å². The molecule has 1 aliphatic heterocycles. The molecule has 0 amide bonds. The Labute approximate surface area is 152 Å². The number of anilines is 2. The van der Waals surface area contributed by atoms with Crippen LogP contribution in [0.2, 0.25) is 0 Å². The van der Waals surface area contributed by atoms with Crippen LogP contribution in [0.25, 0.3) is 11.2 Å². The second-order valence-electron chi connectivity index (χ2n) is 7.44. The first-order valence-corrected chi connectivity index (χ1v) is 9.05. The summed E-state index contributed by atoms with van der Waals surface area (Å²) in [6, 6.07) is 0.384. The number of aromatic nitrogens is 4. The molecule has 2 aromatic rings. The first-order valence-electron chi connectivity index (χ1n) is 9.05. The van der Waals surface area contributed by atoms with Gasteiger partial charge in [-0.25, -0.2) is 4.98 Å². The second-order valence-corrected chi connectivity index (χ2v) is 7.44. The van der Waals surface area contributed by atoms with Crippen molar-refractivity contribution in [2.45, 2.75) is 57.4 Å². The van der Waals surface area contributed by atoms with Gasteiger partial charge in [-0.15, -0.1) is 6.42 Å². The van der Waals surface area contributed by atoms with E-state index in [9.17, 15) is 5.11 Å². The van der Waals surface area contributed by atoms with E-state index in [4.69, 9.17) is 16.9 Å². The maximum absolute atomic E-state index is 9.50. The molecule has 3 heterocycles. The van der Waals surface area contributed by atoms with Gasteiger partial charge in [-0.3, -0.25) is 4.57 Å². The lowest BCUT2D eigenvalue weighted by molar-refractivity contribution is -0.0381. The number of imidazole rings is 1. The lowest BCUT2D eigenvalue weighted by Crippen LogP contribution is -2.24. The van der Waals surface area contributed by atoms with Crippen molar-refractivity contribution in [2.75, 3.05) is 17.7 Å². The molecule has 4 rings (SSSR count). The highest BCUT2D eigenvalue weighted by molar-refractivity contribution is 5.84. The zero-order valence-electron chi connectivity index (χ0n) is 14.9. The van der Waals surface area contributed by atoms with E-state index in [2.05, 4.69) is 26.2 Å². The molecule has 2 aromatic heterocycles. The Kier molecular flexibility index (Phi) is 4.21. The summed E-state index contributed by atoms with van der Waals surface area (Å²) in [6.07, 6.45) is 11.9. The molecule has 0 bridgehead atoms. The summed E-state index contributed by atoms with van der Waals surface area (Å²) < 4.78 is 7.80. The molecular weight excluding hydrogens is 332 g/mol. The molecule has 0 aromatic carbocycles. The third-order valence-corrected chi connectivity index (χ3v) is 5.44. The van der Waals surface area contributed by atoms with Gasteiger partial charge in [0.05, 0.1) is 24.5 Å². The number of rotatable bonds is 4. The number of aliphatic hydroxyl groups is 1. The highest BCUT2D eigenvalue weighted by atomic mass is 16.5. The predicted molar refractivity (Wildman–Crippen MR) is 98.2 cm³/mol. The fourth-order valence-electron chi connectivity index (χ4n) is 4.03. The van der Waals surface area contributed by atoms with Gasteiger partial charge < -0.3 is 20.9 Å². The molecule has 0 unspecified atom stereocenters. The Morgan fingerprint density at radius 1 is 1.46 bits per heavy atom. The highest BCUT2D eigenvalue weighted by Crippen LogP contribution is 2.45. The first-order chi connectivity index (χ1) is 12.5. The number of nitrogens with one attached hydrogen (secondary N) is 1. The summed E-state index contributed by atoms with van der Waals surface area (Å²) in [6.45, 7) is 1.87. The van der Waals surface area contributed by atoms with Crippen molar-refractivity contribution in [2.24, 2.45) is 5.41 Å². The molecule has 8 heteroatoms. The normalized spacial score (nSPS) is 29.3. The summed E-state index contributed by atoms with van der Waals surface area (Å²) in [4.78, 5) is 13.2. The zero-order chi connectivity index (χ0) is 18.3. The van der Waals surface area contributed by atoms with Gasteiger partial charge in [0.15, 0.2) is 23.2 Å². The van der Waals surface area contributed by atoms with Crippen molar-refractivity contribution in [1.29, 1.82) is 0 Å². The number of hydrogen-bond acceptors (Lipinski definition) is 7. The lowest BCUT2D eigenvalue weighted by Gasteiger charge is -2.25. The Balaban J connectivity index is 1.75. The number of nitrogens with two attached hydrogens (primary N) is 1. The fraction of sp³-hybridized carbons (Fsp3) is 0.611. The van der Waals surface area contributed by atoms with E-state index in [1.54, 1.807) is 6.33 Å². The number of ether oxygens (including phenoxy) is 1. The van der Waals surface area contributed by atoms with E-state index >= 15 is 0 Å². The SMILES string of the molecule is C#C[C@@]1(C)C[C@@H](CO)O[C@H]1n1cnc2c(NC3CCCC3)nc(N)nc21. The maximum atomic E-state index is 9.50. The summed E-state index contributed by atoms with van der Waals surface area (Å²) in [5.74, 6) is 3.65. The van der Waals surface area contributed by atoms with Crippen LogP contribution in [0.4, 0.5) is 11.8 Å². The van der Waals surface area contributed by atoms with Crippen LogP contribution in [-0.4, -0.2) is 43.4 Å². The molecule has 0 spiro atoms. The number of hydrogen-bond donors (Lipinski definition) is 3. The topological polar surface area (TPSA) is 111 Å². The fourth-order valence-corrected chi connectivity index (χ4v) is 4.03. The number of fused-ring (bicyclic) bond motifs is 1. The smallest absolute Gasteiger partial charge is 0.224 e. The second kappa shape index (κ2) is 6.41. The first kappa shape index (κ1) is 17.1. The highest BCUT2D eigenvalue weighted by Gasteiger charge is 2.45. The van der Waals surface area contributed by atoms with Crippen molar-refractivity contribution in [3.05, 3.63) is 6.33 Å².